The molecule has 0 atom stereocenters. The highest BCUT2D eigenvalue weighted by Gasteiger charge is 2.31. The zero-order chi connectivity index (χ0) is 20.1. The summed E-state index contributed by atoms with van der Waals surface area (Å²) in [5.74, 6) is -0.508. The van der Waals surface area contributed by atoms with E-state index in [1.807, 2.05) is 11.0 Å². The molecule has 3 aromatic rings. The predicted octanol–water partition coefficient (Wildman–Crippen LogP) is 3.33. The number of hydrogen-bond donors (Lipinski definition) is 1. The van der Waals surface area contributed by atoms with Crippen LogP contribution in [0.3, 0.4) is 0 Å². The number of amides is 3. The second-order valence-corrected chi connectivity index (χ2v) is 7.73. The number of benzene rings is 2. The fourth-order valence-corrected chi connectivity index (χ4v) is 4.38. The van der Waals surface area contributed by atoms with Crippen LogP contribution >= 0.6 is 0 Å². The molecule has 29 heavy (non-hydrogen) atoms. The minimum atomic E-state index is -0.212. The van der Waals surface area contributed by atoms with Crippen molar-refractivity contribution in [3.8, 4) is 0 Å². The maximum atomic E-state index is 13.2. The molecule has 1 N–H and O–H groups in total. The Morgan fingerprint density at radius 2 is 1.76 bits per heavy atom. The van der Waals surface area contributed by atoms with Gasteiger partial charge in [-0.05, 0) is 30.7 Å². The normalized spacial score (nSPS) is 16.6. The molecule has 1 saturated heterocycles. The average Bonchev–Trinajstić information content (AvgIpc) is 3.27. The second-order valence-electron chi connectivity index (χ2n) is 7.73. The maximum absolute atomic E-state index is 13.2. The number of para-hydroxylation sites is 1. The van der Waals surface area contributed by atoms with Crippen molar-refractivity contribution in [2.45, 2.75) is 32.7 Å². The fourth-order valence-electron chi connectivity index (χ4n) is 4.38. The largest absolute Gasteiger partial charge is 0.358 e. The number of rotatable bonds is 2. The summed E-state index contributed by atoms with van der Waals surface area (Å²) < 4.78 is 0. The molecule has 0 aliphatic carbocycles. The summed E-state index contributed by atoms with van der Waals surface area (Å²) in [5, 5.41) is 1.17. The first kappa shape index (κ1) is 17.7. The van der Waals surface area contributed by atoms with Crippen LogP contribution in [0.2, 0.25) is 0 Å². The van der Waals surface area contributed by atoms with Crippen LogP contribution in [0.25, 0.3) is 10.9 Å². The van der Waals surface area contributed by atoms with E-state index in [9.17, 15) is 14.4 Å². The molecular formula is C23H21N3O3. The molecule has 6 nitrogen and oxygen atoms in total. The van der Waals surface area contributed by atoms with Crippen LogP contribution in [0, 0.1) is 6.92 Å². The van der Waals surface area contributed by atoms with Gasteiger partial charge in [0.25, 0.3) is 5.91 Å². The van der Waals surface area contributed by atoms with Gasteiger partial charge in [-0.3, -0.25) is 19.3 Å². The first-order chi connectivity index (χ1) is 14.0. The van der Waals surface area contributed by atoms with Crippen molar-refractivity contribution in [3.63, 3.8) is 0 Å². The number of H-pyrrole nitrogens is 1. The zero-order valence-corrected chi connectivity index (χ0v) is 16.2. The number of imide groups is 1. The second kappa shape index (κ2) is 6.58. The number of aromatic amines is 1. The lowest BCUT2D eigenvalue weighted by atomic mass is 10.0. The van der Waals surface area contributed by atoms with Crippen LogP contribution in [-0.4, -0.2) is 34.2 Å². The van der Waals surface area contributed by atoms with Gasteiger partial charge in [-0.25, -0.2) is 0 Å². The van der Waals surface area contributed by atoms with Gasteiger partial charge in [0.05, 0.1) is 5.69 Å². The van der Waals surface area contributed by atoms with Crippen molar-refractivity contribution < 1.29 is 14.4 Å². The Hall–Kier alpha value is -3.41. The van der Waals surface area contributed by atoms with E-state index in [1.54, 1.807) is 24.3 Å². The topological polar surface area (TPSA) is 73.5 Å². The molecule has 0 radical (unpaired) electrons. The lowest BCUT2D eigenvalue weighted by Gasteiger charge is -2.27. The van der Waals surface area contributed by atoms with Crippen molar-refractivity contribution in [3.05, 3.63) is 64.8 Å². The number of nitrogens with zero attached hydrogens (tertiary/aromatic N) is 2. The summed E-state index contributed by atoms with van der Waals surface area (Å²) in [4.78, 5) is 43.8. The summed E-state index contributed by atoms with van der Waals surface area (Å²) in [6.07, 6.45) is 1.23. The highest BCUT2D eigenvalue weighted by Crippen LogP contribution is 2.30. The third kappa shape index (κ3) is 2.83. The molecule has 146 valence electrons. The number of carbonyl (C=O) groups is 3. The molecule has 6 heteroatoms. The first-order valence-corrected chi connectivity index (χ1v) is 9.87. The third-order valence-electron chi connectivity index (χ3n) is 5.91. The highest BCUT2D eigenvalue weighted by molar-refractivity contribution is 6.20. The van der Waals surface area contributed by atoms with Crippen molar-refractivity contribution in [2.24, 2.45) is 0 Å². The Morgan fingerprint density at radius 3 is 2.55 bits per heavy atom. The first-order valence-electron chi connectivity index (χ1n) is 9.87. The van der Waals surface area contributed by atoms with Gasteiger partial charge in [0.15, 0.2) is 0 Å². The molecule has 2 aromatic carbocycles. The molecule has 3 amide bonds. The lowest BCUT2D eigenvalue weighted by Crippen LogP contribution is -2.36. The molecule has 1 fully saturated rings. The van der Waals surface area contributed by atoms with E-state index in [1.165, 1.54) is 27.1 Å². The molecule has 1 aromatic heterocycles. The molecule has 0 unspecified atom stereocenters. The van der Waals surface area contributed by atoms with Gasteiger partial charge < -0.3 is 9.88 Å². The summed E-state index contributed by atoms with van der Waals surface area (Å²) >= 11 is 0. The summed E-state index contributed by atoms with van der Waals surface area (Å²) in [5.41, 5.74) is 5.67. The third-order valence-corrected chi connectivity index (χ3v) is 5.91. The number of aromatic nitrogens is 1. The van der Waals surface area contributed by atoms with E-state index >= 15 is 0 Å². The predicted molar refractivity (Wildman–Crippen MR) is 110 cm³/mol. The van der Waals surface area contributed by atoms with Crippen LogP contribution in [0.15, 0.2) is 42.5 Å². The van der Waals surface area contributed by atoms with E-state index in [-0.39, 0.29) is 30.6 Å². The fraction of sp³-hybridized carbons (Fsp3) is 0.261. The van der Waals surface area contributed by atoms with Crippen LogP contribution in [-0.2, 0) is 22.6 Å². The molecule has 2 aliphatic rings. The highest BCUT2D eigenvalue weighted by atomic mass is 16.2. The molecule has 0 bridgehead atoms. The molecule has 3 heterocycles. The smallest absolute Gasteiger partial charge is 0.254 e. The van der Waals surface area contributed by atoms with Gasteiger partial charge in [-0.1, -0.05) is 24.3 Å². The van der Waals surface area contributed by atoms with Crippen molar-refractivity contribution in [1.29, 1.82) is 0 Å². The number of hydrogen-bond acceptors (Lipinski definition) is 3. The van der Waals surface area contributed by atoms with E-state index in [0.29, 0.717) is 24.3 Å². The van der Waals surface area contributed by atoms with Crippen LogP contribution in [0.4, 0.5) is 5.69 Å². The van der Waals surface area contributed by atoms with E-state index < -0.39 is 0 Å². The van der Waals surface area contributed by atoms with Crippen molar-refractivity contribution >= 4 is 34.3 Å². The Balaban J connectivity index is 1.44. The molecule has 0 spiro atoms. The molecular weight excluding hydrogens is 366 g/mol. The standard InChI is InChI=1S/C23H21N3O3/c1-14-4-2-7-17-18-13-25(11-10-19(18)24-22(14)17)23(29)15-5-3-6-16(12-15)26-20(27)8-9-21(26)28/h2-7,12,24H,8-11,13H2,1H3. The van der Waals surface area contributed by atoms with E-state index in [2.05, 4.69) is 24.0 Å². The van der Waals surface area contributed by atoms with Crippen LogP contribution in [0.1, 0.15) is 40.0 Å². The van der Waals surface area contributed by atoms with E-state index in [4.69, 9.17) is 0 Å². The van der Waals surface area contributed by atoms with Gasteiger partial charge in [0, 0.05) is 60.1 Å². The summed E-state index contributed by atoms with van der Waals surface area (Å²) in [7, 11) is 0. The minimum absolute atomic E-state index is 0.0846. The Labute approximate surface area is 168 Å². The van der Waals surface area contributed by atoms with Gasteiger partial charge in [0.2, 0.25) is 11.8 Å². The number of nitrogens with one attached hydrogen (secondary N) is 1. The molecule has 5 rings (SSSR count). The summed E-state index contributed by atoms with van der Waals surface area (Å²) in [6.45, 7) is 3.26. The lowest BCUT2D eigenvalue weighted by molar-refractivity contribution is -0.121. The van der Waals surface area contributed by atoms with E-state index in [0.717, 1.165) is 11.9 Å². The van der Waals surface area contributed by atoms with Crippen molar-refractivity contribution in [2.75, 3.05) is 11.4 Å². The van der Waals surface area contributed by atoms with Crippen molar-refractivity contribution in [1.82, 2.24) is 9.88 Å². The summed E-state index contributed by atoms with van der Waals surface area (Å²) in [6, 6.07) is 13.0. The zero-order valence-electron chi connectivity index (χ0n) is 16.2. The molecule has 0 saturated carbocycles. The number of aryl methyl sites for hydroxylation is 1. The minimum Gasteiger partial charge on any atom is -0.358 e. The number of anilines is 1. The Morgan fingerprint density at radius 1 is 1.00 bits per heavy atom. The van der Waals surface area contributed by atoms with Gasteiger partial charge >= 0.3 is 0 Å². The maximum Gasteiger partial charge on any atom is 0.254 e. The Bertz CT molecular complexity index is 1160. The van der Waals surface area contributed by atoms with Gasteiger partial charge in [-0.15, -0.1) is 0 Å². The van der Waals surface area contributed by atoms with Gasteiger partial charge in [0.1, 0.15) is 0 Å². The quantitative estimate of drug-likeness (QED) is 0.686. The number of fused-ring (bicyclic) bond motifs is 3. The van der Waals surface area contributed by atoms with Crippen LogP contribution in [0.5, 0.6) is 0 Å². The van der Waals surface area contributed by atoms with Crippen LogP contribution < -0.4 is 4.90 Å². The molecule has 2 aliphatic heterocycles. The van der Waals surface area contributed by atoms with Gasteiger partial charge in [-0.2, -0.15) is 0 Å². The Kier molecular flexibility index (Phi) is 4.01. The SMILES string of the molecule is Cc1cccc2c3c([nH]c12)CCN(C(=O)c1cccc(N2C(=O)CCC2=O)c1)C3. The monoisotopic (exact) mass is 387 g/mol. The average molecular weight is 387 g/mol. The number of carbonyl (C=O) groups excluding carboxylic acids is 3.